The van der Waals surface area contributed by atoms with Gasteiger partial charge in [-0.25, -0.2) is 0 Å². The largest absolute Gasteiger partial charge is 0.481 e. The van der Waals surface area contributed by atoms with Crippen molar-refractivity contribution >= 4 is 35.8 Å². The molecule has 0 bridgehead atoms. The van der Waals surface area contributed by atoms with Crippen LogP contribution in [-0.2, 0) is 33.5 Å². The average molecular weight is 362 g/mol. The molecular weight excluding hydrogens is 344 g/mol. The van der Waals surface area contributed by atoms with E-state index in [1.54, 1.807) is 0 Å². The Balaban J connectivity index is 4.56. The molecule has 0 aliphatic carbocycles. The smallest absolute Gasteiger partial charge is 0.314 e. The van der Waals surface area contributed by atoms with Crippen LogP contribution >= 0.6 is 0 Å². The molecule has 0 aliphatic heterocycles. The van der Waals surface area contributed by atoms with Crippen LogP contribution < -0.4 is 0 Å². The van der Waals surface area contributed by atoms with Crippen molar-refractivity contribution in [1.29, 1.82) is 0 Å². The zero-order valence-corrected chi connectivity index (χ0v) is 13.0. The molecule has 0 aromatic carbocycles. The molecule has 0 heterocycles. The molecular formula is C14H18O11. The Labute approximate surface area is 141 Å². The average Bonchev–Trinajstić information content (AvgIpc) is 2.46. The minimum absolute atomic E-state index is 0.343. The van der Waals surface area contributed by atoms with E-state index in [1.807, 2.05) is 0 Å². The first-order valence-corrected chi connectivity index (χ1v) is 7.15. The van der Waals surface area contributed by atoms with Crippen molar-refractivity contribution in [3.05, 3.63) is 0 Å². The van der Waals surface area contributed by atoms with Crippen LogP contribution in [0.15, 0.2) is 0 Å². The number of hydrogen-bond donors (Lipinski definition) is 4. The van der Waals surface area contributed by atoms with Crippen molar-refractivity contribution in [3.8, 4) is 0 Å². The maximum atomic E-state index is 11.5. The topological polar surface area (TPSA) is 193 Å². The molecule has 140 valence electrons. The number of esters is 2. The van der Waals surface area contributed by atoms with Crippen molar-refractivity contribution in [2.24, 2.45) is 11.8 Å². The Morgan fingerprint density at radius 2 is 0.960 bits per heavy atom. The molecule has 0 saturated carbocycles. The quantitative estimate of drug-likeness (QED) is 0.269. The first-order valence-electron chi connectivity index (χ1n) is 7.15. The molecule has 0 aliphatic rings. The molecule has 11 heteroatoms. The summed E-state index contributed by atoms with van der Waals surface area (Å²) in [5.41, 5.74) is 0. The molecule has 0 rings (SSSR count). The van der Waals surface area contributed by atoms with Gasteiger partial charge in [0.1, 0.15) is 0 Å². The summed E-state index contributed by atoms with van der Waals surface area (Å²) in [6.07, 6.45) is -3.17. The van der Waals surface area contributed by atoms with E-state index < -0.39 is 73.3 Å². The number of carboxylic acid groups (broad SMARTS) is 4. The van der Waals surface area contributed by atoms with Crippen molar-refractivity contribution in [1.82, 2.24) is 0 Å². The lowest BCUT2D eigenvalue weighted by Crippen LogP contribution is -2.25. The third-order valence-electron chi connectivity index (χ3n) is 3.17. The van der Waals surface area contributed by atoms with Gasteiger partial charge in [0.15, 0.2) is 0 Å². The highest BCUT2D eigenvalue weighted by Crippen LogP contribution is 2.16. The number of aliphatic carboxylic acids is 4. The predicted molar refractivity (Wildman–Crippen MR) is 76.3 cm³/mol. The van der Waals surface area contributed by atoms with Gasteiger partial charge < -0.3 is 25.2 Å². The Morgan fingerprint density at radius 1 is 0.640 bits per heavy atom. The van der Waals surface area contributed by atoms with Gasteiger partial charge in [-0.05, 0) is 12.8 Å². The maximum Gasteiger partial charge on any atom is 0.314 e. The molecule has 2 atom stereocenters. The molecule has 11 nitrogen and oxygen atoms in total. The fourth-order valence-electron chi connectivity index (χ4n) is 1.83. The summed E-state index contributed by atoms with van der Waals surface area (Å²) in [6, 6.07) is 0. The summed E-state index contributed by atoms with van der Waals surface area (Å²) < 4.78 is 4.33. The molecule has 0 aromatic heterocycles. The Morgan fingerprint density at radius 3 is 1.20 bits per heavy atom. The van der Waals surface area contributed by atoms with Crippen LogP contribution in [0.2, 0.25) is 0 Å². The van der Waals surface area contributed by atoms with Crippen molar-refractivity contribution in [3.63, 3.8) is 0 Å². The number of rotatable bonds is 12. The predicted octanol–water partition coefficient (Wildman–Crippen LogP) is -0.0324. The summed E-state index contributed by atoms with van der Waals surface area (Å²) in [6.45, 7) is 0. The molecule has 0 radical (unpaired) electrons. The Hall–Kier alpha value is -2.98. The van der Waals surface area contributed by atoms with Crippen LogP contribution in [0, 0.1) is 11.8 Å². The summed E-state index contributed by atoms with van der Waals surface area (Å²) in [5.74, 6) is -10.6. The molecule has 4 N–H and O–H groups in total. The highest BCUT2D eigenvalue weighted by molar-refractivity contribution is 5.89. The third-order valence-corrected chi connectivity index (χ3v) is 3.17. The van der Waals surface area contributed by atoms with E-state index in [0.29, 0.717) is 0 Å². The van der Waals surface area contributed by atoms with Crippen LogP contribution in [0.3, 0.4) is 0 Å². The van der Waals surface area contributed by atoms with Gasteiger partial charge >= 0.3 is 35.8 Å². The van der Waals surface area contributed by atoms with Crippen LogP contribution in [-0.4, -0.2) is 56.2 Å². The third kappa shape index (κ3) is 10.4. The lowest BCUT2D eigenvalue weighted by atomic mass is 9.99. The van der Waals surface area contributed by atoms with Gasteiger partial charge in [-0.2, -0.15) is 0 Å². The SMILES string of the molecule is O=C(O)CCC(CC(=O)OC(=O)CC(CCC(=O)O)C(=O)O)C(=O)O. The highest BCUT2D eigenvalue weighted by atomic mass is 16.6. The summed E-state index contributed by atoms with van der Waals surface area (Å²) in [5, 5.41) is 34.8. The van der Waals surface area contributed by atoms with Gasteiger partial charge in [0.25, 0.3) is 0 Å². The second kappa shape index (κ2) is 10.7. The molecule has 0 spiro atoms. The van der Waals surface area contributed by atoms with E-state index in [0.717, 1.165) is 0 Å². The zero-order valence-electron chi connectivity index (χ0n) is 13.0. The van der Waals surface area contributed by atoms with Crippen molar-refractivity contribution in [2.75, 3.05) is 0 Å². The van der Waals surface area contributed by atoms with E-state index in [4.69, 9.17) is 20.4 Å². The number of hydrogen-bond acceptors (Lipinski definition) is 7. The molecule has 0 aromatic rings. The standard InChI is InChI=1S/C14H18O11/c15-9(16)3-1-7(13(21)22)5-11(19)25-12(20)6-8(14(23)24)2-4-10(17)18/h7-8H,1-6H2,(H,15,16)(H,17,18)(H,21,22)(H,23,24). The fraction of sp³-hybridized carbons (Fsp3) is 0.571. The van der Waals surface area contributed by atoms with Gasteiger partial charge in [-0.1, -0.05) is 0 Å². The second-order valence-corrected chi connectivity index (χ2v) is 5.19. The summed E-state index contributed by atoms with van der Waals surface area (Å²) in [7, 11) is 0. The Kier molecular flexibility index (Phi) is 9.45. The first kappa shape index (κ1) is 22.0. The lowest BCUT2D eigenvalue weighted by molar-refractivity contribution is -0.165. The first-order chi connectivity index (χ1) is 11.5. The van der Waals surface area contributed by atoms with Gasteiger partial charge in [0.2, 0.25) is 0 Å². The molecule has 2 unspecified atom stereocenters. The molecule has 25 heavy (non-hydrogen) atoms. The van der Waals surface area contributed by atoms with Crippen LogP contribution in [0.4, 0.5) is 0 Å². The number of carboxylic acids is 4. The van der Waals surface area contributed by atoms with Crippen molar-refractivity contribution < 1.29 is 53.9 Å². The van der Waals surface area contributed by atoms with Gasteiger partial charge in [-0.15, -0.1) is 0 Å². The van der Waals surface area contributed by atoms with E-state index in [2.05, 4.69) is 4.74 Å². The van der Waals surface area contributed by atoms with Gasteiger partial charge in [0, 0.05) is 12.8 Å². The lowest BCUT2D eigenvalue weighted by Gasteiger charge is -2.12. The number of carbonyl (C=O) groups is 6. The van der Waals surface area contributed by atoms with E-state index in [1.165, 1.54) is 0 Å². The molecule has 0 fully saturated rings. The van der Waals surface area contributed by atoms with Crippen LogP contribution in [0.25, 0.3) is 0 Å². The number of carbonyl (C=O) groups excluding carboxylic acids is 2. The normalized spacial score (nSPS) is 12.6. The highest BCUT2D eigenvalue weighted by Gasteiger charge is 2.27. The minimum Gasteiger partial charge on any atom is -0.481 e. The van der Waals surface area contributed by atoms with Crippen LogP contribution in [0.5, 0.6) is 0 Å². The molecule has 0 amide bonds. The Bertz CT molecular complexity index is 503. The zero-order chi connectivity index (χ0) is 19.6. The second-order valence-electron chi connectivity index (χ2n) is 5.19. The van der Waals surface area contributed by atoms with Crippen LogP contribution in [0.1, 0.15) is 38.5 Å². The monoisotopic (exact) mass is 362 g/mol. The minimum atomic E-state index is -1.43. The molecule has 0 saturated heterocycles. The van der Waals surface area contributed by atoms with E-state index >= 15 is 0 Å². The van der Waals surface area contributed by atoms with E-state index in [-0.39, 0.29) is 12.8 Å². The van der Waals surface area contributed by atoms with Gasteiger partial charge in [-0.3, -0.25) is 28.8 Å². The summed E-state index contributed by atoms with van der Waals surface area (Å²) >= 11 is 0. The van der Waals surface area contributed by atoms with E-state index in [9.17, 15) is 28.8 Å². The maximum absolute atomic E-state index is 11.5. The summed E-state index contributed by atoms with van der Waals surface area (Å²) in [4.78, 5) is 65.8. The number of ether oxygens (including phenoxy) is 1. The fourth-order valence-corrected chi connectivity index (χ4v) is 1.83. The van der Waals surface area contributed by atoms with Crippen molar-refractivity contribution in [2.45, 2.75) is 38.5 Å². The van der Waals surface area contributed by atoms with Gasteiger partial charge in [0.05, 0.1) is 24.7 Å².